The predicted molar refractivity (Wildman–Crippen MR) is 67.2 cm³/mol. The van der Waals surface area contributed by atoms with Gasteiger partial charge < -0.3 is 15.4 Å². The van der Waals surface area contributed by atoms with Crippen LogP contribution in [0.3, 0.4) is 0 Å². The second-order valence-electron chi connectivity index (χ2n) is 4.32. The summed E-state index contributed by atoms with van der Waals surface area (Å²) in [5, 5.41) is 0. The van der Waals surface area contributed by atoms with Crippen LogP contribution < -0.4 is 15.4 Å². The summed E-state index contributed by atoms with van der Waals surface area (Å²) in [4.78, 5) is 11.0. The zero-order valence-electron chi connectivity index (χ0n) is 10.3. The van der Waals surface area contributed by atoms with E-state index in [1.54, 1.807) is 19.4 Å². The first kappa shape index (κ1) is 12.1. The molecule has 5 heteroatoms. The molecular weight excluding hydrogens is 216 g/mol. The molecule has 1 aliphatic rings. The lowest BCUT2D eigenvalue weighted by molar-refractivity contribution is 0.391. The number of rotatable bonds is 4. The van der Waals surface area contributed by atoms with E-state index in [9.17, 15) is 0 Å². The molecule has 0 bridgehead atoms. The number of aromatic nitrogens is 2. The van der Waals surface area contributed by atoms with E-state index in [0.717, 1.165) is 18.9 Å². The molecule has 2 heterocycles. The molecular formula is C12H20N4O. The summed E-state index contributed by atoms with van der Waals surface area (Å²) in [5.74, 6) is 1.38. The molecule has 94 valence electrons. The van der Waals surface area contributed by atoms with E-state index in [0.29, 0.717) is 18.5 Å². The first-order valence-corrected chi connectivity index (χ1v) is 6.19. The number of nitrogens with two attached hydrogens (primary N) is 1. The Bertz CT molecular complexity index is 356. The third-order valence-corrected chi connectivity index (χ3v) is 3.21. The van der Waals surface area contributed by atoms with Crippen LogP contribution in [0.15, 0.2) is 12.3 Å². The first-order chi connectivity index (χ1) is 8.35. The second kappa shape index (κ2) is 5.82. The number of methoxy groups -OCH3 is 1. The van der Waals surface area contributed by atoms with Crippen molar-refractivity contribution in [1.29, 1.82) is 0 Å². The lowest BCUT2D eigenvalue weighted by atomic mass is 10.00. The minimum Gasteiger partial charge on any atom is -0.481 e. The maximum atomic E-state index is 5.66. The number of hydrogen-bond acceptors (Lipinski definition) is 5. The summed E-state index contributed by atoms with van der Waals surface area (Å²) in [6.45, 7) is 1.73. The van der Waals surface area contributed by atoms with E-state index in [1.807, 2.05) is 0 Å². The molecule has 2 rings (SSSR count). The van der Waals surface area contributed by atoms with Gasteiger partial charge in [0, 0.05) is 24.8 Å². The minimum atomic E-state index is 0.473. The Kier molecular flexibility index (Phi) is 4.14. The molecule has 0 aromatic carbocycles. The van der Waals surface area contributed by atoms with Gasteiger partial charge in [0.05, 0.1) is 7.11 Å². The monoisotopic (exact) mass is 236 g/mol. The third-order valence-electron chi connectivity index (χ3n) is 3.21. The molecule has 2 N–H and O–H groups in total. The largest absolute Gasteiger partial charge is 0.481 e. The lowest BCUT2D eigenvalue weighted by Crippen LogP contribution is -2.41. The highest BCUT2D eigenvalue weighted by atomic mass is 16.5. The highest BCUT2D eigenvalue weighted by Crippen LogP contribution is 2.24. The second-order valence-corrected chi connectivity index (χ2v) is 4.32. The molecule has 0 saturated carbocycles. The normalized spacial score (nSPS) is 20.4. The fourth-order valence-corrected chi connectivity index (χ4v) is 2.34. The molecule has 0 amide bonds. The molecule has 5 nitrogen and oxygen atoms in total. The van der Waals surface area contributed by atoms with Gasteiger partial charge in [-0.1, -0.05) is 0 Å². The van der Waals surface area contributed by atoms with E-state index >= 15 is 0 Å². The van der Waals surface area contributed by atoms with Crippen LogP contribution in [0.25, 0.3) is 0 Å². The third kappa shape index (κ3) is 2.85. The first-order valence-electron chi connectivity index (χ1n) is 6.19. The smallest absolute Gasteiger partial charge is 0.228 e. The molecule has 1 unspecified atom stereocenters. The number of hydrogen-bond donors (Lipinski definition) is 1. The summed E-state index contributed by atoms with van der Waals surface area (Å²) in [6, 6.07) is 2.24. The molecule has 1 saturated heterocycles. The van der Waals surface area contributed by atoms with E-state index in [2.05, 4.69) is 14.9 Å². The SMILES string of the molecule is COc1ccnc(N2CCCCC2CCN)n1. The highest BCUT2D eigenvalue weighted by Gasteiger charge is 2.23. The van der Waals surface area contributed by atoms with Gasteiger partial charge in [-0.2, -0.15) is 4.98 Å². The van der Waals surface area contributed by atoms with Gasteiger partial charge in [-0.15, -0.1) is 0 Å². The van der Waals surface area contributed by atoms with Crippen molar-refractivity contribution >= 4 is 5.95 Å². The van der Waals surface area contributed by atoms with Crippen molar-refractivity contribution in [2.24, 2.45) is 5.73 Å². The van der Waals surface area contributed by atoms with Crippen LogP contribution in [0.1, 0.15) is 25.7 Å². The van der Waals surface area contributed by atoms with Crippen molar-refractivity contribution in [2.45, 2.75) is 31.7 Å². The van der Waals surface area contributed by atoms with Crippen molar-refractivity contribution in [1.82, 2.24) is 9.97 Å². The molecule has 0 spiro atoms. The van der Waals surface area contributed by atoms with Crippen LogP contribution >= 0.6 is 0 Å². The van der Waals surface area contributed by atoms with Crippen LogP contribution in [0.4, 0.5) is 5.95 Å². The van der Waals surface area contributed by atoms with Gasteiger partial charge in [-0.3, -0.25) is 0 Å². The van der Waals surface area contributed by atoms with Crippen molar-refractivity contribution < 1.29 is 4.74 Å². The quantitative estimate of drug-likeness (QED) is 0.850. The van der Waals surface area contributed by atoms with E-state index in [1.165, 1.54) is 19.3 Å². The standard InChI is InChI=1S/C12H20N4O/c1-17-11-6-8-14-12(15-11)16-9-3-2-4-10(16)5-7-13/h6,8,10H,2-5,7,9,13H2,1H3. The minimum absolute atomic E-state index is 0.473. The molecule has 1 atom stereocenters. The zero-order chi connectivity index (χ0) is 12.1. The fraction of sp³-hybridized carbons (Fsp3) is 0.667. The van der Waals surface area contributed by atoms with Gasteiger partial charge in [0.2, 0.25) is 11.8 Å². The topological polar surface area (TPSA) is 64.3 Å². The Labute approximate surface area is 102 Å². The Morgan fingerprint density at radius 1 is 1.53 bits per heavy atom. The fourth-order valence-electron chi connectivity index (χ4n) is 2.34. The molecule has 0 radical (unpaired) electrons. The van der Waals surface area contributed by atoms with E-state index in [-0.39, 0.29) is 0 Å². The summed E-state index contributed by atoms with van der Waals surface area (Å²) < 4.78 is 5.14. The molecule has 1 aliphatic heterocycles. The average molecular weight is 236 g/mol. The molecule has 17 heavy (non-hydrogen) atoms. The van der Waals surface area contributed by atoms with Gasteiger partial charge >= 0.3 is 0 Å². The van der Waals surface area contributed by atoms with Crippen molar-refractivity contribution in [2.75, 3.05) is 25.1 Å². The van der Waals surface area contributed by atoms with Crippen LogP contribution in [-0.4, -0.2) is 36.2 Å². The van der Waals surface area contributed by atoms with E-state index in [4.69, 9.17) is 10.5 Å². The summed E-state index contributed by atoms with van der Waals surface area (Å²) in [6.07, 6.45) is 6.39. The maximum Gasteiger partial charge on any atom is 0.228 e. The average Bonchev–Trinajstić information content (AvgIpc) is 2.40. The summed E-state index contributed by atoms with van der Waals surface area (Å²) in [5.41, 5.74) is 5.66. The number of anilines is 1. The number of piperidine rings is 1. The van der Waals surface area contributed by atoms with Crippen LogP contribution in [0, 0.1) is 0 Å². The number of ether oxygens (including phenoxy) is 1. The molecule has 0 aliphatic carbocycles. The maximum absolute atomic E-state index is 5.66. The van der Waals surface area contributed by atoms with Gasteiger partial charge in [0.1, 0.15) is 0 Å². The van der Waals surface area contributed by atoms with Gasteiger partial charge in [-0.05, 0) is 32.2 Å². The van der Waals surface area contributed by atoms with Gasteiger partial charge in [-0.25, -0.2) is 4.98 Å². The van der Waals surface area contributed by atoms with Crippen molar-refractivity contribution in [3.63, 3.8) is 0 Å². The zero-order valence-corrected chi connectivity index (χ0v) is 10.3. The summed E-state index contributed by atoms with van der Waals surface area (Å²) in [7, 11) is 1.62. The van der Waals surface area contributed by atoms with Gasteiger partial charge in [0.25, 0.3) is 0 Å². The highest BCUT2D eigenvalue weighted by molar-refractivity contribution is 5.34. The van der Waals surface area contributed by atoms with Crippen LogP contribution in [-0.2, 0) is 0 Å². The predicted octanol–water partition coefficient (Wildman–Crippen LogP) is 1.19. The van der Waals surface area contributed by atoms with Crippen molar-refractivity contribution in [3.8, 4) is 5.88 Å². The Morgan fingerprint density at radius 2 is 2.41 bits per heavy atom. The van der Waals surface area contributed by atoms with E-state index < -0.39 is 0 Å². The summed E-state index contributed by atoms with van der Waals surface area (Å²) >= 11 is 0. The Balaban J connectivity index is 2.16. The lowest BCUT2D eigenvalue weighted by Gasteiger charge is -2.35. The molecule has 1 fully saturated rings. The van der Waals surface area contributed by atoms with Crippen LogP contribution in [0.5, 0.6) is 5.88 Å². The Morgan fingerprint density at radius 3 is 3.18 bits per heavy atom. The Hall–Kier alpha value is -1.36. The molecule has 1 aromatic rings. The van der Waals surface area contributed by atoms with Crippen LogP contribution in [0.2, 0.25) is 0 Å². The van der Waals surface area contributed by atoms with Gasteiger partial charge in [0.15, 0.2) is 0 Å². The van der Waals surface area contributed by atoms with Crippen molar-refractivity contribution in [3.05, 3.63) is 12.3 Å². The molecule has 1 aromatic heterocycles. The number of nitrogens with zero attached hydrogens (tertiary/aromatic N) is 3.